The smallest absolute Gasteiger partial charge is 0.324 e. The van der Waals surface area contributed by atoms with Crippen molar-refractivity contribution in [1.82, 2.24) is 34.9 Å². The number of halogens is 3. The van der Waals surface area contributed by atoms with Gasteiger partial charge in [0, 0.05) is 42.4 Å². The molecule has 16 heteroatoms. The van der Waals surface area contributed by atoms with Crippen LogP contribution in [0.25, 0.3) is 5.69 Å². The number of amides is 2. The van der Waals surface area contributed by atoms with Gasteiger partial charge in [0.1, 0.15) is 30.1 Å². The summed E-state index contributed by atoms with van der Waals surface area (Å²) in [6.45, 7) is 3.03. The molecule has 2 aromatic carbocycles. The fraction of sp³-hybridized carbons (Fsp3) is 0.320. The van der Waals surface area contributed by atoms with Crippen LogP contribution in [0.5, 0.6) is 0 Å². The van der Waals surface area contributed by atoms with Crippen LogP contribution in [0.2, 0.25) is 0 Å². The van der Waals surface area contributed by atoms with Crippen LogP contribution in [0.1, 0.15) is 19.4 Å². The molecule has 4 aromatic rings. The number of urea groups is 1. The number of ether oxygens (including phenoxy) is 1. The molecule has 1 fully saturated rings. The molecule has 13 nitrogen and oxygen atoms in total. The van der Waals surface area contributed by atoms with Crippen molar-refractivity contribution in [1.29, 1.82) is 0 Å². The van der Waals surface area contributed by atoms with Gasteiger partial charge in [0.2, 0.25) is 13.1 Å². The highest BCUT2D eigenvalue weighted by molar-refractivity contribution is 5.94. The van der Waals surface area contributed by atoms with Crippen LogP contribution in [0.4, 0.5) is 19.3 Å². The molecular weight excluding hydrogens is 608 g/mol. The van der Waals surface area contributed by atoms with Crippen molar-refractivity contribution < 1.29 is 49.8 Å². The van der Waals surface area contributed by atoms with E-state index in [-0.39, 0.29) is 42.4 Å². The lowest BCUT2D eigenvalue weighted by Crippen LogP contribution is -3.00. The zero-order valence-corrected chi connectivity index (χ0v) is 23.6. The molecule has 1 saturated heterocycles. The van der Waals surface area contributed by atoms with E-state index < -0.39 is 35.3 Å². The van der Waals surface area contributed by atoms with Gasteiger partial charge in [0.25, 0.3) is 6.33 Å². The van der Waals surface area contributed by atoms with Crippen LogP contribution >= 0.6 is 0 Å². The zero-order chi connectivity index (χ0) is 28.4. The molecule has 0 bridgehead atoms. The Bertz CT molecular complexity index is 1520. The summed E-state index contributed by atoms with van der Waals surface area (Å²) in [6.07, 6.45) is 4.29. The third kappa shape index (κ3) is 6.07. The summed E-state index contributed by atoms with van der Waals surface area (Å²) < 4.78 is 38.1. The number of aliphatic hydroxyl groups is 1. The summed E-state index contributed by atoms with van der Waals surface area (Å²) in [5.41, 5.74) is -0.886. The first-order valence-corrected chi connectivity index (χ1v) is 12.3. The normalized spacial score (nSPS) is 15.4. The lowest BCUT2D eigenvalue weighted by Gasteiger charge is -2.38. The van der Waals surface area contributed by atoms with Crippen LogP contribution in [0.3, 0.4) is 0 Å². The first-order valence-electron chi connectivity index (χ1n) is 12.3. The van der Waals surface area contributed by atoms with Crippen LogP contribution in [-0.2, 0) is 28.4 Å². The van der Waals surface area contributed by atoms with Gasteiger partial charge in [-0.05, 0) is 47.7 Å². The molecule has 3 heterocycles. The van der Waals surface area contributed by atoms with E-state index in [2.05, 4.69) is 20.6 Å². The molecule has 1 aliphatic rings. The zero-order valence-electron chi connectivity index (χ0n) is 22.0. The highest BCUT2D eigenvalue weighted by Crippen LogP contribution is 2.35. The van der Waals surface area contributed by atoms with E-state index in [0.29, 0.717) is 24.0 Å². The molecule has 2 aromatic heterocycles. The van der Waals surface area contributed by atoms with Gasteiger partial charge >= 0.3 is 12.0 Å². The molecule has 41 heavy (non-hydrogen) atoms. The molecule has 216 valence electrons. The van der Waals surface area contributed by atoms with Crippen LogP contribution in [-0.4, -0.2) is 71.1 Å². The van der Waals surface area contributed by atoms with E-state index in [4.69, 9.17) is 4.74 Å². The van der Waals surface area contributed by atoms with Crippen molar-refractivity contribution in [3.05, 3.63) is 78.6 Å². The van der Waals surface area contributed by atoms with Gasteiger partial charge in [0.15, 0.2) is 0 Å². The minimum Gasteiger partial charge on any atom is -1.00 e. The van der Waals surface area contributed by atoms with Gasteiger partial charge in [-0.2, -0.15) is 0 Å². The molecule has 1 N–H and O–H groups in total. The van der Waals surface area contributed by atoms with Crippen molar-refractivity contribution in [2.24, 2.45) is 0 Å². The average molecular weight is 634 g/mol. The minimum absolute atomic E-state index is 0. The topological polar surface area (TPSA) is 135 Å². The van der Waals surface area contributed by atoms with Gasteiger partial charge in [-0.15, -0.1) is 9.78 Å². The number of hydrogen-bond donors (Lipinski definition) is 1. The molecule has 1 aliphatic heterocycles. The van der Waals surface area contributed by atoms with Crippen molar-refractivity contribution in [2.45, 2.75) is 38.8 Å². The number of hydrogen-bond acceptors (Lipinski definition) is 8. The van der Waals surface area contributed by atoms with Gasteiger partial charge in [-0.25, -0.2) is 22.8 Å². The van der Waals surface area contributed by atoms with E-state index in [1.54, 1.807) is 36.1 Å². The van der Waals surface area contributed by atoms with Gasteiger partial charge in [-0.3, -0.25) is 9.69 Å². The Morgan fingerprint density at radius 1 is 1.17 bits per heavy atom. The van der Waals surface area contributed by atoms with Gasteiger partial charge < -0.3 is 31.7 Å². The maximum absolute atomic E-state index is 15.1. The fourth-order valence-corrected chi connectivity index (χ4v) is 4.68. The maximum Gasteiger partial charge on any atom is 0.324 e. The van der Waals surface area contributed by atoms with E-state index in [0.717, 1.165) is 12.1 Å². The Balaban J connectivity index is 0.00000387. The number of esters is 1. The van der Waals surface area contributed by atoms with Crippen molar-refractivity contribution in [2.75, 3.05) is 18.0 Å². The number of rotatable bonds is 9. The standard InChI is InChI=1S/C25H26F2N9O4.BrH/c1-17(34-9-10-35(24(34)38)20-4-6-21(7-5-20)36-13-28-30-31-36)25(39,22-8-3-19(26)11-23(22)27)12-33-15-32(14-29-33)16-40-18(2)37;/h3-8,11,13-15,17,39H,9-10,12,16H2,1-2H3;1H/q+1;/p-1/t17-,25-;/m1./s1. The van der Waals surface area contributed by atoms with E-state index >= 15 is 4.39 Å². The second kappa shape index (κ2) is 12.1. The van der Waals surface area contributed by atoms with Crippen molar-refractivity contribution in [3.8, 4) is 5.69 Å². The molecule has 0 radical (unpaired) electrons. The lowest BCUT2D eigenvalue weighted by molar-refractivity contribution is -0.728. The first-order chi connectivity index (χ1) is 19.2. The second-order valence-corrected chi connectivity index (χ2v) is 9.35. The summed E-state index contributed by atoms with van der Waals surface area (Å²) in [5.74, 6) is -2.25. The van der Waals surface area contributed by atoms with Crippen molar-refractivity contribution >= 4 is 17.7 Å². The van der Waals surface area contributed by atoms with Gasteiger partial charge in [-0.1, -0.05) is 6.07 Å². The van der Waals surface area contributed by atoms with E-state index in [1.807, 2.05) is 0 Å². The van der Waals surface area contributed by atoms with E-state index in [1.165, 1.54) is 44.7 Å². The predicted octanol–water partition coefficient (Wildman–Crippen LogP) is -1.83. The molecule has 5 rings (SSSR count). The number of nitrogens with zero attached hydrogens (tertiary/aromatic N) is 9. The third-order valence-corrected chi connectivity index (χ3v) is 6.82. The lowest BCUT2D eigenvalue weighted by atomic mass is 9.85. The number of benzene rings is 2. The Hall–Kier alpha value is -4.31. The monoisotopic (exact) mass is 633 g/mol. The summed E-state index contributed by atoms with van der Waals surface area (Å²) in [6, 6.07) is 8.56. The minimum atomic E-state index is -2.02. The highest BCUT2D eigenvalue weighted by Gasteiger charge is 2.47. The van der Waals surface area contributed by atoms with Crippen LogP contribution in [0.15, 0.2) is 61.4 Å². The first kappa shape index (κ1) is 29.7. The molecule has 2 amide bonds. The molecule has 0 spiro atoms. The fourth-order valence-electron chi connectivity index (χ4n) is 4.68. The van der Waals surface area contributed by atoms with E-state index in [9.17, 15) is 19.1 Å². The number of anilines is 1. The highest BCUT2D eigenvalue weighted by atomic mass is 79.9. The summed E-state index contributed by atoms with van der Waals surface area (Å²) >= 11 is 0. The number of tetrazole rings is 1. The molecule has 2 atom stereocenters. The Morgan fingerprint density at radius 2 is 1.90 bits per heavy atom. The molecular formula is C25H26BrF2N9O4. The number of carbonyl (C=O) groups excluding carboxylic acids is 2. The number of aromatic nitrogens is 7. The van der Waals surface area contributed by atoms with Crippen LogP contribution < -0.4 is 26.4 Å². The quantitative estimate of drug-likeness (QED) is 0.168. The maximum atomic E-state index is 15.1. The second-order valence-electron chi connectivity index (χ2n) is 9.35. The SMILES string of the molecule is CC(=O)OC[n+]1cnn(C[C@](O)(c2ccc(F)cc2F)[C@@H](C)N2CCN(c3ccc(-n4cnnn4)cc3)C2=O)c1.[Br-]. The van der Waals surface area contributed by atoms with Crippen molar-refractivity contribution in [3.63, 3.8) is 0 Å². The summed E-state index contributed by atoms with van der Waals surface area (Å²) in [7, 11) is 0. The summed E-state index contributed by atoms with van der Waals surface area (Å²) in [4.78, 5) is 27.7. The predicted molar refractivity (Wildman–Crippen MR) is 133 cm³/mol. The molecule has 0 aliphatic carbocycles. The van der Waals surface area contributed by atoms with Crippen LogP contribution in [0, 0.1) is 11.6 Å². The largest absolute Gasteiger partial charge is 1.00 e. The van der Waals surface area contributed by atoms with Gasteiger partial charge in [0.05, 0.1) is 11.7 Å². The third-order valence-electron chi connectivity index (χ3n) is 6.82. The Labute approximate surface area is 243 Å². The average Bonchev–Trinajstić information content (AvgIpc) is 3.69. The Kier molecular flexibility index (Phi) is 8.72. The number of carbonyl (C=O) groups is 2. The Morgan fingerprint density at radius 3 is 2.56 bits per heavy atom. The molecule has 0 unspecified atom stereocenters. The summed E-state index contributed by atoms with van der Waals surface area (Å²) in [5, 5.41) is 27.3. The molecule has 0 saturated carbocycles.